The maximum absolute atomic E-state index is 5.34. The van der Waals surface area contributed by atoms with Gasteiger partial charge >= 0.3 is 0 Å². The molecule has 5 heteroatoms. The van der Waals surface area contributed by atoms with Gasteiger partial charge in [-0.25, -0.2) is 0 Å². The van der Waals surface area contributed by atoms with Crippen molar-refractivity contribution in [3.05, 3.63) is 0 Å². The van der Waals surface area contributed by atoms with Crippen LogP contribution >= 0.6 is 24.8 Å². The minimum absolute atomic E-state index is 0. The molecular weight excluding hydrogens is 187 g/mol. The third-order valence-corrected chi connectivity index (χ3v) is 1.45. The first-order chi connectivity index (χ1) is 4.43. The topological polar surface area (TPSA) is 38.5 Å². The Morgan fingerprint density at radius 3 is 2.45 bits per heavy atom. The van der Waals surface area contributed by atoms with Gasteiger partial charge < -0.3 is 5.73 Å². The van der Waals surface area contributed by atoms with E-state index in [0.29, 0.717) is 6.54 Å². The van der Waals surface area contributed by atoms with Gasteiger partial charge in [-0.05, 0) is 12.8 Å². The molecule has 0 aromatic carbocycles. The Hall–Kier alpha value is 0.460. The van der Waals surface area contributed by atoms with Crippen molar-refractivity contribution in [1.82, 2.24) is 5.06 Å². The van der Waals surface area contributed by atoms with Crippen molar-refractivity contribution >= 4 is 24.8 Å². The second-order valence-electron chi connectivity index (χ2n) is 2.26. The Labute approximate surface area is 80.0 Å². The summed E-state index contributed by atoms with van der Waals surface area (Å²) in [5.41, 5.74) is 5.34. The molecular formula is C6H16Cl2N2O. The lowest BCUT2D eigenvalue weighted by atomic mass is 10.3. The third-order valence-electron chi connectivity index (χ3n) is 1.45. The highest BCUT2D eigenvalue weighted by Crippen LogP contribution is 2.03. The van der Waals surface area contributed by atoms with Crippen LogP contribution in [-0.2, 0) is 4.84 Å². The molecule has 1 fully saturated rings. The molecule has 1 rings (SSSR count). The van der Waals surface area contributed by atoms with E-state index in [1.165, 1.54) is 12.8 Å². The molecule has 0 aromatic rings. The van der Waals surface area contributed by atoms with Crippen LogP contribution in [0, 0.1) is 0 Å². The maximum Gasteiger partial charge on any atom is 0.0685 e. The number of rotatable bonds is 2. The van der Waals surface area contributed by atoms with Gasteiger partial charge in [-0.15, -0.1) is 24.8 Å². The zero-order valence-electron chi connectivity index (χ0n) is 6.49. The van der Waals surface area contributed by atoms with E-state index in [-0.39, 0.29) is 24.8 Å². The summed E-state index contributed by atoms with van der Waals surface area (Å²) in [5.74, 6) is 0. The predicted molar refractivity (Wildman–Crippen MR) is 50.3 cm³/mol. The molecule has 0 unspecified atom stereocenters. The van der Waals surface area contributed by atoms with Gasteiger partial charge in [0.2, 0.25) is 0 Å². The van der Waals surface area contributed by atoms with Crippen molar-refractivity contribution in [3.8, 4) is 0 Å². The van der Waals surface area contributed by atoms with Crippen molar-refractivity contribution < 1.29 is 4.84 Å². The van der Waals surface area contributed by atoms with Crippen molar-refractivity contribution in [1.29, 1.82) is 0 Å². The number of hydrogen-bond acceptors (Lipinski definition) is 3. The van der Waals surface area contributed by atoms with E-state index < -0.39 is 0 Å². The molecule has 11 heavy (non-hydrogen) atoms. The van der Waals surface area contributed by atoms with E-state index in [1.54, 1.807) is 0 Å². The number of nitrogens with two attached hydrogens (primary N) is 1. The summed E-state index contributed by atoms with van der Waals surface area (Å²) in [6, 6.07) is 0. The molecule has 1 aliphatic rings. The molecule has 0 radical (unpaired) electrons. The van der Waals surface area contributed by atoms with E-state index in [9.17, 15) is 0 Å². The van der Waals surface area contributed by atoms with Crippen molar-refractivity contribution in [2.24, 2.45) is 5.73 Å². The van der Waals surface area contributed by atoms with Crippen LogP contribution in [0.4, 0.5) is 0 Å². The van der Waals surface area contributed by atoms with E-state index in [1.807, 2.05) is 5.06 Å². The normalized spacial score (nSPS) is 18.3. The molecule has 1 aliphatic heterocycles. The molecule has 70 valence electrons. The van der Waals surface area contributed by atoms with Crippen LogP contribution < -0.4 is 5.73 Å². The first-order valence-electron chi connectivity index (χ1n) is 3.51. The van der Waals surface area contributed by atoms with E-state index in [0.717, 1.165) is 19.7 Å². The Morgan fingerprint density at radius 1 is 1.27 bits per heavy atom. The largest absolute Gasteiger partial charge is 0.329 e. The lowest BCUT2D eigenvalue weighted by molar-refractivity contribution is -0.178. The average Bonchev–Trinajstić information content (AvgIpc) is 1.91. The summed E-state index contributed by atoms with van der Waals surface area (Å²) in [6.07, 6.45) is 2.45. The molecule has 1 saturated heterocycles. The second kappa shape index (κ2) is 8.56. The number of hydrogen-bond donors (Lipinski definition) is 1. The molecule has 1 heterocycles. The zero-order valence-corrected chi connectivity index (χ0v) is 8.12. The summed E-state index contributed by atoms with van der Waals surface area (Å²) in [7, 11) is 0. The van der Waals surface area contributed by atoms with Crippen molar-refractivity contribution in [2.75, 3.05) is 26.2 Å². The van der Waals surface area contributed by atoms with Gasteiger partial charge in [0.05, 0.1) is 6.61 Å². The second-order valence-corrected chi connectivity index (χ2v) is 2.26. The lowest BCUT2D eigenvalue weighted by Crippen LogP contribution is -2.34. The highest BCUT2D eigenvalue weighted by molar-refractivity contribution is 5.85. The summed E-state index contributed by atoms with van der Waals surface area (Å²) in [4.78, 5) is 5.27. The van der Waals surface area contributed by atoms with Gasteiger partial charge in [0, 0.05) is 19.6 Å². The van der Waals surface area contributed by atoms with Crippen LogP contribution in [0.15, 0.2) is 0 Å². The third kappa shape index (κ3) is 5.70. The standard InChI is InChI=1S/C6H14N2O.2ClH/c7-3-5-8-4-1-2-6-9-8;;/h1-7H2;2*1H. The van der Waals surface area contributed by atoms with Gasteiger partial charge in [0.1, 0.15) is 0 Å². The van der Waals surface area contributed by atoms with Crippen LogP contribution in [0.25, 0.3) is 0 Å². The van der Waals surface area contributed by atoms with Crippen molar-refractivity contribution in [3.63, 3.8) is 0 Å². The highest BCUT2D eigenvalue weighted by atomic mass is 35.5. The smallest absolute Gasteiger partial charge is 0.0685 e. The predicted octanol–water partition coefficient (Wildman–Crippen LogP) is 0.816. The Balaban J connectivity index is 0. The van der Waals surface area contributed by atoms with Gasteiger partial charge in [0.25, 0.3) is 0 Å². The fraction of sp³-hybridized carbons (Fsp3) is 1.00. The fourth-order valence-electron chi connectivity index (χ4n) is 0.969. The summed E-state index contributed by atoms with van der Waals surface area (Å²) in [6.45, 7) is 3.50. The van der Waals surface area contributed by atoms with Gasteiger partial charge in [-0.1, -0.05) is 0 Å². The van der Waals surface area contributed by atoms with Crippen LogP contribution in [-0.4, -0.2) is 31.3 Å². The molecule has 0 amide bonds. The first-order valence-corrected chi connectivity index (χ1v) is 3.51. The minimum Gasteiger partial charge on any atom is -0.329 e. The molecule has 0 aliphatic carbocycles. The van der Waals surface area contributed by atoms with Gasteiger partial charge in [-0.3, -0.25) is 4.84 Å². The summed E-state index contributed by atoms with van der Waals surface area (Å²) >= 11 is 0. The molecule has 0 bridgehead atoms. The molecule has 0 aromatic heterocycles. The van der Waals surface area contributed by atoms with E-state index in [4.69, 9.17) is 10.6 Å². The van der Waals surface area contributed by atoms with Gasteiger partial charge in [-0.2, -0.15) is 5.06 Å². The fourth-order valence-corrected chi connectivity index (χ4v) is 0.969. The van der Waals surface area contributed by atoms with Crippen LogP contribution in [0.2, 0.25) is 0 Å². The average molecular weight is 203 g/mol. The molecule has 0 saturated carbocycles. The maximum atomic E-state index is 5.34. The van der Waals surface area contributed by atoms with Crippen LogP contribution in [0.1, 0.15) is 12.8 Å². The zero-order chi connectivity index (χ0) is 6.53. The molecule has 0 spiro atoms. The lowest BCUT2D eigenvalue weighted by Gasteiger charge is -2.24. The van der Waals surface area contributed by atoms with E-state index in [2.05, 4.69) is 0 Å². The van der Waals surface area contributed by atoms with Crippen molar-refractivity contribution in [2.45, 2.75) is 12.8 Å². The first kappa shape index (κ1) is 14.0. The molecule has 0 atom stereocenters. The molecule has 3 nitrogen and oxygen atoms in total. The van der Waals surface area contributed by atoms with E-state index >= 15 is 0 Å². The number of nitrogens with zero attached hydrogens (tertiary/aromatic N) is 1. The monoisotopic (exact) mass is 202 g/mol. The Bertz CT molecular complexity index is 76.2. The SMILES string of the molecule is Cl.Cl.NCCN1CCCCO1. The Kier molecular flexibility index (Phi) is 10.9. The quantitative estimate of drug-likeness (QED) is 0.721. The number of halogens is 2. The number of hydroxylamine groups is 2. The Morgan fingerprint density at radius 2 is 2.00 bits per heavy atom. The summed E-state index contributed by atoms with van der Waals surface area (Å²) < 4.78 is 0. The molecule has 2 N–H and O–H groups in total. The minimum atomic E-state index is 0. The van der Waals surface area contributed by atoms with Crippen LogP contribution in [0.5, 0.6) is 0 Å². The highest BCUT2D eigenvalue weighted by Gasteiger charge is 2.07. The van der Waals surface area contributed by atoms with Crippen LogP contribution in [0.3, 0.4) is 0 Å². The summed E-state index contributed by atoms with van der Waals surface area (Å²) in [5, 5.41) is 1.95. The van der Waals surface area contributed by atoms with Gasteiger partial charge in [0.15, 0.2) is 0 Å².